The van der Waals surface area contributed by atoms with E-state index in [1.165, 1.54) is 5.56 Å². The lowest BCUT2D eigenvalue weighted by atomic mass is 9.72. The number of benzene rings is 4. The van der Waals surface area contributed by atoms with Gasteiger partial charge in [0.1, 0.15) is 11.5 Å². The molecule has 34 heavy (non-hydrogen) atoms. The van der Waals surface area contributed by atoms with Crippen LogP contribution in [0.4, 0.5) is 5.69 Å². The van der Waals surface area contributed by atoms with Gasteiger partial charge >= 0.3 is 0 Å². The summed E-state index contributed by atoms with van der Waals surface area (Å²) in [5, 5.41) is 21.0. The molecule has 2 N–H and O–H groups in total. The molecule has 0 saturated carbocycles. The average Bonchev–Trinajstić information content (AvgIpc) is 2.85. The molecule has 0 unspecified atom stereocenters. The van der Waals surface area contributed by atoms with Crippen molar-refractivity contribution >= 4 is 11.9 Å². The molecule has 0 spiro atoms. The Bertz CT molecular complexity index is 1290. The van der Waals surface area contributed by atoms with Crippen molar-refractivity contribution in [3.05, 3.63) is 125 Å². The van der Waals surface area contributed by atoms with Gasteiger partial charge in [-0.3, -0.25) is 4.99 Å². The molecule has 0 aliphatic carbocycles. The van der Waals surface area contributed by atoms with Gasteiger partial charge in [0.05, 0.1) is 5.69 Å². The SMILES string of the molecule is CC(C)(c1ccccc1)c1cc(C=Nc2ccc(O)cc2)c(O)c(C(C)(C)c2ccccc2)c1. The van der Waals surface area contributed by atoms with Crippen LogP contribution in [0.15, 0.2) is 102 Å². The maximum atomic E-state index is 11.4. The minimum absolute atomic E-state index is 0.195. The Morgan fingerprint density at radius 2 is 1.15 bits per heavy atom. The molecule has 0 saturated heterocycles. The second kappa shape index (κ2) is 9.18. The Kier molecular flexibility index (Phi) is 6.30. The number of phenols is 2. The lowest BCUT2D eigenvalue weighted by Gasteiger charge is -2.32. The summed E-state index contributed by atoms with van der Waals surface area (Å²) in [5.41, 5.74) is 4.94. The molecule has 0 aromatic heterocycles. The molecule has 0 amide bonds. The van der Waals surface area contributed by atoms with E-state index in [0.717, 1.165) is 16.7 Å². The van der Waals surface area contributed by atoms with Gasteiger partial charge in [-0.2, -0.15) is 0 Å². The first-order valence-corrected chi connectivity index (χ1v) is 11.5. The molecule has 0 radical (unpaired) electrons. The summed E-state index contributed by atoms with van der Waals surface area (Å²) in [4.78, 5) is 4.57. The van der Waals surface area contributed by atoms with Crippen LogP contribution < -0.4 is 0 Å². The van der Waals surface area contributed by atoms with E-state index in [-0.39, 0.29) is 16.9 Å². The van der Waals surface area contributed by atoms with Crippen LogP contribution in [0.5, 0.6) is 11.5 Å². The zero-order chi connectivity index (χ0) is 24.3. The number of aromatic hydroxyl groups is 2. The van der Waals surface area contributed by atoms with E-state index in [9.17, 15) is 10.2 Å². The Hall–Kier alpha value is -3.85. The summed E-state index contributed by atoms with van der Waals surface area (Å²) in [5.74, 6) is 0.421. The summed E-state index contributed by atoms with van der Waals surface area (Å²) in [6.07, 6.45) is 1.71. The predicted molar refractivity (Wildman–Crippen MR) is 141 cm³/mol. The smallest absolute Gasteiger partial charge is 0.128 e. The second-order valence-electron chi connectivity index (χ2n) is 9.72. The number of nitrogens with zero attached hydrogens (tertiary/aromatic N) is 1. The third kappa shape index (κ3) is 4.60. The van der Waals surface area contributed by atoms with Crippen molar-refractivity contribution in [3.8, 4) is 11.5 Å². The Morgan fingerprint density at radius 3 is 1.71 bits per heavy atom. The van der Waals surface area contributed by atoms with Gasteiger partial charge in [0.25, 0.3) is 0 Å². The van der Waals surface area contributed by atoms with E-state index < -0.39 is 5.41 Å². The van der Waals surface area contributed by atoms with E-state index in [2.05, 4.69) is 75.2 Å². The molecule has 0 bridgehead atoms. The van der Waals surface area contributed by atoms with E-state index in [0.29, 0.717) is 11.3 Å². The van der Waals surface area contributed by atoms with E-state index in [4.69, 9.17) is 0 Å². The maximum absolute atomic E-state index is 11.4. The Balaban J connectivity index is 1.89. The number of phenolic OH excluding ortho intramolecular Hbond substituents is 2. The molecular formula is C31H31NO2. The normalized spacial score (nSPS) is 12.2. The molecule has 0 aliphatic rings. The van der Waals surface area contributed by atoms with Crippen molar-refractivity contribution in [1.82, 2.24) is 0 Å². The summed E-state index contributed by atoms with van der Waals surface area (Å²) in [6, 6.07) is 31.5. The van der Waals surface area contributed by atoms with E-state index in [1.54, 1.807) is 30.5 Å². The van der Waals surface area contributed by atoms with Gasteiger partial charge in [-0.05, 0) is 47.0 Å². The fourth-order valence-electron chi connectivity index (χ4n) is 4.31. The highest BCUT2D eigenvalue weighted by Crippen LogP contribution is 2.42. The zero-order valence-electron chi connectivity index (χ0n) is 20.2. The summed E-state index contributed by atoms with van der Waals surface area (Å²) in [6.45, 7) is 8.68. The molecule has 4 rings (SSSR count). The first-order valence-electron chi connectivity index (χ1n) is 11.5. The lowest BCUT2D eigenvalue weighted by molar-refractivity contribution is 0.451. The minimum atomic E-state index is -0.421. The lowest BCUT2D eigenvalue weighted by Crippen LogP contribution is -2.24. The van der Waals surface area contributed by atoms with Gasteiger partial charge in [0, 0.05) is 28.2 Å². The molecule has 0 fully saturated rings. The van der Waals surface area contributed by atoms with Gasteiger partial charge in [0.15, 0.2) is 0 Å². The molecular weight excluding hydrogens is 418 g/mol. The molecule has 3 heteroatoms. The fourth-order valence-corrected chi connectivity index (χ4v) is 4.31. The Labute approximate surface area is 202 Å². The van der Waals surface area contributed by atoms with Crippen LogP contribution >= 0.6 is 0 Å². The second-order valence-corrected chi connectivity index (χ2v) is 9.72. The van der Waals surface area contributed by atoms with Crippen LogP contribution in [-0.4, -0.2) is 16.4 Å². The summed E-state index contributed by atoms with van der Waals surface area (Å²) >= 11 is 0. The summed E-state index contributed by atoms with van der Waals surface area (Å²) in [7, 11) is 0. The van der Waals surface area contributed by atoms with Crippen molar-refractivity contribution in [2.45, 2.75) is 38.5 Å². The number of hydrogen-bond acceptors (Lipinski definition) is 3. The highest BCUT2D eigenvalue weighted by Gasteiger charge is 2.31. The maximum Gasteiger partial charge on any atom is 0.128 e. The van der Waals surface area contributed by atoms with Crippen LogP contribution in [0.25, 0.3) is 0 Å². The topological polar surface area (TPSA) is 52.8 Å². The van der Waals surface area contributed by atoms with Gasteiger partial charge < -0.3 is 10.2 Å². The van der Waals surface area contributed by atoms with Crippen molar-refractivity contribution < 1.29 is 10.2 Å². The molecule has 3 nitrogen and oxygen atoms in total. The highest BCUT2D eigenvalue weighted by molar-refractivity contribution is 5.87. The number of hydrogen-bond donors (Lipinski definition) is 2. The number of aliphatic imine (C=N–C) groups is 1. The predicted octanol–water partition coefficient (Wildman–Crippen LogP) is 7.50. The monoisotopic (exact) mass is 449 g/mol. The van der Waals surface area contributed by atoms with Crippen LogP contribution in [0.3, 0.4) is 0 Å². The van der Waals surface area contributed by atoms with Crippen molar-refractivity contribution in [3.63, 3.8) is 0 Å². The minimum Gasteiger partial charge on any atom is -0.508 e. The third-order valence-electron chi connectivity index (χ3n) is 6.73. The third-order valence-corrected chi connectivity index (χ3v) is 6.73. The largest absolute Gasteiger partial charge is 0.508 e. The highest BCUT2D eigenvalue weighted by atomic mass is 16.3. The molecule has 0 atom stereocenters. The van der Waals surface area contributed by atoms with Crippen LogP contribution in [0.1, 0.15) is 55.5 Å². The van der Waals surface area contributed by atoms with Crippen LogP contribution in [0.2, 0.25) is 0 Å². The van der Waals surface area contributed by atoms with Gasteiger partial charge in [-0.1, -0.05) is 94.4 Å². The van der Waals surface area contributed by atoms with Crippen molar-refractivity contribution in [1.29, 1.82) is 0 Å². The van der Waals surface area contributed by atoms with E-state index in [1.807, 2.05) is 30.3 Å². The van der Waals surface area contributed by atoms with Gasteiger partial charge in [-0.25, -0.2) is 0 Å². The van der Waals surface area contributed by atoms with Crippen molar-refractivity contribution in [2.75, 3.05) is 0 Å². The zero-order valence-corrected chi connectivity index (χ0v) is 20.2. The van der Waals surface area contributed by atoms with Gasteiger partial charge in [0.2, 0.25) is 0 Å². The number of rotatable bonds is 6. The van der Waals surface area contributed by atoms with E-state index >= 15 is 0 Å². The quantitative estimate of drug-likeness (QED) is 0.299. The first-order chi connectivity index (χ1) is 16.2. The Morgan fingerprint density at radius 1 is 0.618 bits per heavy atom. The standard InChI is InChI=1S/C31H31NO2/c1-30(2,23-11-7-5-8-12-23)25-19-22(21-32-26-15-17-27(33)18-16-26)29(34)28(20-25)31(3,4)24-13-9-6-10-14-24/h5-21,33-34H,1-4H3. The molecule has 0 heterocycles. The fraction of sp³-hybridized carbons (Fsp3) is 0.194. The molecule has 4 aromatic rings. The van der Waals surface area contributed by atoms with Gasteiger partial charge in [-0.15, -0.1) is 0 Å². The van der Waals surface area contributed by atoms with Crippen LogP contribution in [0, 0.1) is 0 Å². The average molecular weight is 450 g/mol. The molecule has 4 aromatic carbocycles. The van der Waals surface area contributed by atoms with Crippen LogP contribution in [-0.2, 0) is 10.8 Å². The first kappa shape index (κ1) is 23.3. The summed E-state index contributed by atoms with van der Waals surface area (Å²) < 4.78 is 0. The van der Waals surface area contributed by atoms with Crippen molar-refractivity contribution in [2.24, 2.45) is 4.99 Å². The molecule has 0 aliphatic heterocycles. The molecule has 172 valence electrons.